The van der Waals surface area contributed by atoms with Crippen molar-refractivity contribution in [2.75, 3.05) is 13.2 Å². The van der Waals surface area contributed by atoms with Crippen molar-refractivity contribution < 1.29 is 10.2 Å². The van der Waals surface area contributed by atoms with Crippen molar-refractivity contribution >= 4 is 0 Å². The maximum atomic E-state index is 9.02. The summed E-state index contributed by atoms with van der Waals surface area (Å²) in [6, 6.07) is 0. The van der Waals surface area contributed by atoms with Crippen LogP contribution in [0.3, 0.4) is 0 Å². The van der Waals surface area contributed by atoms with E-state index >= 15 is 0 Å². The second-order valence-corrected chi connectivity index (χ2v) is 3.39. The largest absolute Gasteiger partial charge is 0.396 e. The first kappa shape index (κ1) is 10.9. The van der Waals surface area contributed by atoms with Gasteiger partial charge in [0, 0.05) is 13.2 Å². The molecule has 2 N–H and O–H groups in total. The molecule has 0 aromatic heterocycles. The zero-order valence-electron chi connectivity index (χ0n) is 7.75. The standard InChI is InChI=1S/C9H20O2/c1-4-7(2)9(6-11)8(3)5-10/h7-11H,4-6H2,1-3H3. The van der Waals surface area contributed by atoms with Crippen LogP contribution >= 0.6 is 0 Å². The van der Waals surface area contributed by atoms with E-state index in [2.05, 4.69) is 13.8 Å². The summed E-state index contributed by atoms with van der Waals surface area (Å²) in [5.74, 6) is 0.974. The molecule has 0 aromatic rings. The van der Waals surface area contributed by atoms with E-state index in [0.29, 0.717) is 5.92 Å². The molecule has 2 nitrogen and oxygen atoms in total. The summed E-state index contributed by atoms with van der Waals surface area (Å²) in [5.41, 5.74) is 0. The molecular weight excluding hydrogens is 140 g/mol. The monoisotopic (exact) mass is 160 g/mol. The highest BCUT2D eigenvalue weighted by Gasteiger charge is 2.20. The van der Waals surface area contributed by atoms with Crippen molar-refractivity contribution in [3.05, 3.63) is 0 Å². The van der Waals surface area contributed by atoms with E-state index < -0.39 is 0 Å². The predicted octanol–water partition coefficient (Wildman–Crippen LogP) is 1.27. The molecule has 68 valence electrons. The average Bonchev–Trinajstić information content (AvgIpc) is 2.05. The molecule has 2 heteroatoms. The third-order valence-corrected chi connectivity index (χ3v) is 2.60. The van der Waals surface area contributed by atoms with Crippen LogP contribution in [0, 0.1) is 17.8 Å². The highest BCUT2D eigenvalue weighted by Crippen LogP contribution is 2.22. The van der Waals surface area contributed by atoms with E-state index in [4.69, 9.17) is 10.2 Å². The fourth-order valence-electron chi connectivity index (χ4n) is 1.36. The summed E-state index contributed by atoms with van der Waals surface area (Å²) < 4.78 is 0. The van der Waals surface area contributed by atoms with Gasteiger partial charge < -0.3 is 10.2 Å². The lowest BCUT2D eigenvalue weighted by Gasteiger charge is -2.25. The van der Waals surface area contributed by atoms with Crippen molar-refractivity contribution in [3.8, 4) is 0 Å². The Morgan fingerprint density at radius 3 is 1.82 bits per heavy atom. The maximum absolute atomic E-state index is 9.02. The Hall–Kier alpha value is -0.0800. The molecule has 0 aromatic carbocycles. The molecule has 0 aliphatic rings. The average molecular weight is 160 g/mol. The molecule has 11 heavy (non-hydrogen) atoms. The first-order valence-corrected chi connectivity index (χ1v) is 4.39. The third-order valence-electron chi connectivity index (χ3n) is 2.60. The van der Waals surface area contributed by atoms with Gasteiger partial charge in [0.15, 0.2) is 0 Å². The summed E-state index contributed by atoms with van der Waals surface area (Å²) in [4.78, 5) is 0. The van der Waals surface area contributed by atoms with E-state index in [0.717, 1.165) is 6.42 Å². The first-order valence-electron chi connectivity index (χ1n) is 4.39. The van der Waals surface area contributed by atoms with Crippen LogP contribution in [-0.2, 0) is 0 Å². The van der Waals surface area contributed by atoms with Gasteiger partial charge in [0.25, 0.3) is 0 Å². The minimum atomic E-state index is 0.176. The molecule has 0 bridgehead atoms. The Labute approximate surface area is 69.2 Å². The molecule has 0 spiro atoms. The molecule has 0 aliphatic heterocycles. The Bertz CT molecular complexity index is 83.6. The minimum Gasteiger partial charge on any atom is -0.396 e. The van der Waals surface area contributed by atoms with Gasteiger partial charge >= 0.3 is 0 Å². The molecule has 0 saturated carbocycles. The van der Waals surface area contributed by atoms with Crippen LogP contribution in [-0.4, -0.2) is 23.4 Å². The lowest BCUT2D eigenvalue weighted by Crippen LogP contribution is -2.25. The maximum Gasteiger partial charge on any atom is 0.0465 e. The lowest BCUT2D eigenvalue weighted by molar-refractivity contribution is 0.0929. The summed E-state index contributed by atoms with van der Waals surface area (Å²) in [6.07, 6.45) is 1.07. The predicted molar refractivity (Wildman–Crippen MR) is 46.3 cm³/mol. The van der Waals surface area contributed by atoms with E-state index in [9.17, 15) is 0 Å². The first-order chi connectivity index (χ1) is 5.17. The zero-order valence-corrected chi connectivity index (χ0v) is 7.75. The SMILES string of the molecule is CCC(C)C(CO)C(C)CO. The van der Waals surface area contributed by atoms with Crippen LogP contribution in [0.1, 0.15) is 27.2 Å². The number of aliphatic hydroxyl groups is 2. The summed E-state index contributed by atoms with van der Waals surface area (Å²) in [5, 5.41) is 17.9. The molecule has 3 atom stereocenters. The normalized spacial score (nSPS) is 19.4. The topological polar surface area (TPSA) is 40.5 Å². The zero-order chi connectivity index (χ0) is 8.85. The van der Waals surface area contributed by atoms with E-state index in [1.807, 2.05) is 6.92 Å². The fourth-order valence-corrected chi connectivity index (χ4v) is 1.36. The molecule has 0 aliphatic carbocycles. The summed E-state index contributed by atoms with van der Waals surface area (Å²) >= 11 is 0. The molecule has 0 rings (SSSR count). The summed E-state index contributed by atoms with van der Waals surface area (Å²) in [7, 11) is 0. The van der Waals surface area contributed by atoms with Gasteiger partial charge in [0.1, 0.15) is 0 Å². The van der Waals surface area contributed by atoms with Crippen LogP contribution in [0.5, 0.6) is 0 Å². The van der Waals surface area contributed by atoms with Gasteiger partial charge in [-0.15, -0.1) is 0 Å². The van der Waals surface area contributed by atoms with Crippen molar-refractivity contribution in [1.29, 1.82) is 0 Å². The summed E-state index contributed by atoms with van der Waals surface area (Å²) in [6.45, 7) is 6.57. The van der Waals surface area contributed by atoms with Crippen LogP contribution < -0.4 is 0 Å². The van der Waals surface area contributed by atoms with Gasteiger partial charge in [-0.05, 0) is 17.8 Å². The van der Waals surface area contributed by atoms with Crippen LogP contribution in [0.4, 0.5) is 0 Å². The van der Waals surface area contributed by atoms with Crippen molar-refractivity contribution in [2.24, 2.45) is 17.8 Å². The Morgan fingerprint density at radius 1 is 1.00 bits per heavy atom. The van der Waals surface area contributed by atoms with Gasteiger partial charge in [-0.1, -0.05) is 27.2 Å². The quantitative estimate of drug-likeness (QED) is 0.636. The molecule has 3 unspecified atom stereocenters. The smallest absolute Gasteiger partial charge is 0.0465 e. The van der Waals surface area contributed by atoms with Crippen LogP contribution in [0.15, 0.2) is 0 Å². The van der Waals surface area contributed by atoms with Crippen molar-refractivity contribution in [2.45, 2.75) is 27.2 Å². The van der Waals surface area contributed by atoms with Gasteiger partial charge in [-0.3, -0.25) is 0 Å². The molecule has 0 amide bonds. The molecule has 0 heterocycles. The minimum absolute atomic E-state index is 0.176. The van der Waals surface area contributed by atoms with Crippen molar-refractivity contribution in [3.63, 3.8) is 0 Å². The lowest BCUT2D eigenvalue weighted by atomic mass is 9.83. The number of hydrogen-bond donors (Lipinski definition) is 2. The second kappa shape index (κ2) is 5.56. The highest BCUT2D eigenvalue weighted by atomic mass is 16.3. The number of rotatable bonds is 5. The van der Waals surface area contributed by atoms with Gasteiger partial charge in [-0.25, -0.2) is 0 Å². The van der Waals surface area contributed by atoms with E-state index in [1.165, 1.54) is 0 Å². The van der Waals surface area contributed by atoms with Crippen LogP contribution in [0.2, 0.25) is 0 Å². The second-order valence-electron chi connectivity index (χ2n) is 3.39. The third kappa shape index (κ3) is 3.21. The molecular formula is C9H20O2. The van der Waals surface area contributed by atoms with Crippen LogP contribution in [0.25, 0.3) is 0 Å². The number of aliphatic hydroxyl groups excluding tert-OH is 2. The Morgan fingerprint density at radius 2 is 1.55 bits per heavy atom. The van der Waals surface area contributed by atoms with Crippen molar-refractivity contribution in [1.82, 2.24) is 0 Å². The van der Waals surface area contributed by atoms with E-state index in [1.54, 1.807) is 0 Å². The molecule has 0 fully saturated rings. The fraction of sp³-hybridized carbons (Fsp3) is 1.00. The highest BCUT2D eigenvalue weighted by molar-refractivity contribution is 4.69. The number of hydrogen-bond acceptors (Lipinski definition) is 2. The van der Waals surface area contributed by atoms with Gasteiger partial charge in [0.2, 0.25) is 0 Å². The van der Waals surface area contributed by atoms with Gasteiger partial charge in [-0.2, -0.15) is 0 Å². The van der Waals surface area contributed by atoms with Gasteiger partial charge in [0.05, 0.1) is 0 Å². The molecule has 0 radical (unpaired) electrons. The van der Waals surface area contributed by atoms with E-state index in [-0.39, 0.29) is 25.0 Å². The Balaban J connectivity index is 3.92. The Kier molecular flexibility index (Phi) is 5.51. The molecule has 0 saturated heterocycles.